The number of hydrazone groups is 1. The van der Waals surface area contributed by atoms with Gasteiger partial charge >= 0.3 is 23.9 Å². The highest BCUT2D eigenvalue weighted by atomic mass is 19.4. The number of nitrogens with zero attached hydrogens (tertiary/aromatic N) is 1. The van der Waals surface area contributed by atoms with Crippen LogP contribution < -0.4 is 5.43 Å². The molecule has 3 nitrogen and oxygen atoms in total. The number of benzene rings is 1. The summed E-state index contributed by atoms with van der Waals surface area (Å²) in [6.45, 7) is 0. The molecule has 1 N–H and O–H groups in total. The maximum atomic E-state index is 12.9. The lowest BCUT2D eigenvalue weighted by atomic mass is 10.1. The van der Waals surface area contributed by atoms with Crippen molar-refractivity contribution in [2.75, 3.05) is 0 Å². The Balaban J connectivity index is 2.81. The molecular weight excluding hydrogens is 309 g/mol. The topological polar surface area (TPSA) is 41.5 Å². The number of hydrogen-bond donors (Lipinski definition) is 1. The Morgan fingerprint density at radius 1 is 1.00 bits per heavy atom. The Morgan fingerprint density at radius 3 is 2.00 bits per heavy atom. The Bertz CT molecular complexity index is 525. The Kier molecular flexibility index (Phi) is 4.59. The molecule has 1 rings (SSSR count). The van der Waals surface area contributed by atoms with Gasteiger partial charge in [0, 0.05) is 0 Å². The van der Waals surface area contributed by atoms with Crippen molar-refractivity contribution in [2.45, 2.75) is 18.0 Å². The van der Waals surface area contributed by atoms with E-state index in [9.17, 15) is 35.5 Å². The average Bonchev–Trinajstić information content (AvgIpc) is 2.38. The molecule has 0 aliphatic carbocycles. The Morgan fingerprint density at radius 2 is 1.52 bits per heavy atom. The molecule has 0 spiro atoms. The minimum atomic E-state index is -6.57. The molecule has 0 saturated heterocycles. The van der Waals surface area contributed by atoms with E-state index in [1.54, 1.807) is 6.07 Å². The molecule has 0 bridgehead atoms. The molecule has 116 valence electrons. The summed E-state index contributed by atoms with van der Waals surface area (Å²) >= 11 is 0. The van der Waals surface area contributed by atoms with Crippen LogP contribution in [0.5, 0.6) is 0 Å². The highest BCUT2D eigenvalue weighted by Crippen LogP contribution is 2.46. The molecule has 0 atom stereocenters. The van der Waals surface area contributed by atoms with E-state index < -0.39 is 23.9 Å². The first kappa shape index (κ1) is 16.9. The van der Waals surface area contributed by atoms with Crippen LogP contribution in [-0.4, -0.2) is 30.1 Å². The third kappa shape index (κ3) is 3.50. The van der Waals surface area contributed by atoms with E-state index in [-0.39, 0.29) is 0 Å². The number of halogens is 7. The molecule has 0 aliphatic heterocycles. The second-order valence-corrected chi connectivity index (χ2v) is 3.76. The van der Waals surface area contributed by atoms with Crippen molar-refractivity contribution in [3.63, 3.8) is 0 Å². The molecule has 1 aromatic carbocycles. The van der Waals surface area contributed by atoms with Gasteiger partial charge < -0.3 is 0 Å². The molecular formula is C11H7F7N2O. The third-order valence-corrected chi connectivity index (χ3v) is 2.21. The van der Waals surface area contributed by atoms with Gasteiger partial charge in [-0.3, -0.25) is 4.79 Å². The largest absolute Gasteiger partial charge is 0.460 e. The molecule has 0 unspecified atom stereocenters. The zero-order valence-corrected chi connectivity index (χ0v) is 9.97. The Hall–Kier alpha value is -2.13. The number of alkyl halides is 7. The maximum Gasteiger partial charge on any atom is 0.460 e. The maximum absolute atomic E-state index is 12.9. The van der Waals surface area contributed by atoms with E-state index in [0.717, 1.165) is 11.6 Å². The second kappa shape index (κ2) is 5.70. The molecule has 0 aromatic heterocycles. The summed E-state index contributed by atoms with van der Waals surface area (Å²) in [6.07, 6.45) is -5.77. The lowest BCUT2D eigenvalue weighted by Gasteiger charge is -2.26. The minimum Gasteiger partial charge on any atom is -0.266 e. The second-order valence-electron chi connectivity index (χ2n) is 3.76. The average molecular weight is 316 g/mol. The van der Waals surface area contributed by atoms with Gasteiger partial charge in [-0.25, -0.2) is 5.43 Å². The number of nitrogens with one attached hydrogen (secondary N) is 1. The minimum absolute atomic E-state index is 0.309. The SMILES string of the molecule is O=C(NN=Cc1ccccc1)C(F)(F)C(F)(F)C(F)(F)F. The normalized spacial score (nSPS) is 13.5. The van der Waals surface area contributed by atoms with E-state index in [2.05, 4.69) is 5.10 Å². The van der Waals surface area contributed by atoms with Crippen molar-refractivity contribution in [1.82, 2.24) is 5.43 Å². The molecule has 0 heterocycles. The van der Waals surface area contributed by atoms with E-state index in [0.29, 0.717) is 5.56 Å². The number of carbonyl (C=O) groups is 1. The van der Waals surface area contributed by atoms with Crippen LogP contribution >= 0.6 is 0 Å². The fourth-order valence-corrected chi connectivity index (χ4v) is 1.10. The van der Waals surface area contributed by atoms with Gasteiger partial charge in [0.25, 0.3) is 0 Å². The van der Waals surface area contributed by atoms with Crippen molar-refractivity contribution >= 4 is 12.1 Å². The van der Waals surface area contributed by atoms with Crippen LogP contribution in [0.1, 0.15) is 5.56 Å². The summed E-state index contributed by atoms with van der Waals surface area (Å²) in [6, 6.07) is 7.51. The first-order valence-electron chi connectivity index (χ1n) is 5.21. The number of rotatable bonds is 4. The molecule has 0 fully saturated rings. The van der Waals surface area contributed by atoms with Gasteiger partial charge in [-0.1, -0.05) is 30.3 Å². The first-order valence-corrected chi connectivity index (χ1v) is 5.21. The number of amides is 1. The monoisotopic (exact) mass is 316 g/mol. The van der Waals surface area contributed by atoms with Crippen LogP contribution in [0.2, 0.25) is 0 Å². The Labute approximate surface area is 113 Å². The van der Waals surface area contributed by atoms with Gasteiger partial charge in [0.2, 0.25) is 0 Å². The lowest BCUT2D eigenvalue weighted by molar-refractivity contribution is -0.344. The van der Waals surface area contributed by atoms with Gasteiger partial charge in [0.15, 0.2) is 0 Å². The van der Waals surface area contributed by atoms with Crippen molar-refractivity contribution in [3.05, 3.63) is 35.9 Å². The van der Waals surface area contributed by atoms with Crippen LogP contribution in [0.3, 0.4) is 0 Å². The first-order chi connectivity index (χ1) is 9.50. The van der Waals surface area contributed by atoms with Gasteiger partial charge in [0.05, 0.1) is 6.21 Å². The summed E-state index contributed by atoms with van der Waals surface area (Å²) in [4.78, 5) is 10.8. The zero-order valence-electron chi connectivity index (χ0n) is 9.97. The molecule has 21 heavy (non-hydrogen) atoms. The van der Waals surface area contributed by atoms with Crippen LogP contribution in [0.4, 0.5) is 30.7 Å². The molecule has 0 aliphatic rings. The summed E-state index contributed by atoms with van der Waals surface area (Å²) in [7, 11) is 0. The van der Waals surface area contributed by atoms with Gasteiger partial charge in [-0.2, -0.15) is 35.8 Å². The highest BCUT2D eigenvalue weighted by molar-refractivity contribution is 5.86. The third-order valence-electron chi connectivity index (χ3n) is 2.21. The predicted octanol–water partition coefficient (Wildman–Crippen LogP) is 2.97. The van der Waals surface area contributed by atoms with E-state index in [1.807, 2.05) is 0 Å². The zero-order chi connectivity index (χ0) is 16.3. The standard InChI is InChI=1S/C11H7F7N2O/c12-9(13,10(14,15)11(16,17)18)8(21)20-19-6-7-4-2-1-3-5-7/h1-6H,(H,20,21). The quantitative estimate of drug-likeness (QED) is 0.518. The van der Waals surface area contributed by atoms with E-state index in [1.165, 1.54) is 24.3 Å². The van der Waals surface area contributed by atoms with Crippen molar-refractivity contribution in [3.8, 4) is 0 Å². The predicted molar refractivity (Wildman–Crippen MR) is 58.1 cm³/mol. The van der Waals surface area contributed by atoms with Crippen molar-refractivity contribution < 1.29 is 35.5 Å². The lowest BCUT2D eigenvalue weighted by Crippen LogP contribution is -2.58. The summed E-state index contributed by atoms with van der Waals surface area (Å²) in [5, 5.41) is 2.90. The summed E-state index contributed by atoms with van der Waals surface area (Å²) in [5.74, 6) is -15.4. The highest BCUT2D eigenvalue weighted by Gasteiger charge is 2.76. The van der Waals surface area contributed by atoms with E-state index in [4.69, 9.17) is 0 Å². The van der Waals surface area contributed by atoms with Crippen LogP contribution in [0.15, 0.2) is 35.4 Å². The number of carbonyl (C=O) groups excluding carboxylic acids is 1. The molecule has 1 aromatic rings. The molecule has 0 saturated carbocycles. The fraction of sp³-hybridized carbons (Fsp3) is 0.273. The van der Waals surface area contributed by atoms with Crippen LogP contribution in [0.25, 0.3) is 0 Å². The number of hydrogen-bond acceptors (Lipinski definition) is 2. The summed E-state index contributed by atoms with van der Waals surface area (Å²) < 4.78 is 86.2. The van der Waals surface area contributed by atoms with Gasteiger partial charge in [-0.15, -0.1) is 0 Å². The van der Waals surface area contributed by atoms with Gasteiger partial charge in [-0.05, 0) is 5.56 Å². The molecule has 0 radical (unpaired) electrons. The van der Waals surface area contributed by atoms with Crippen molar-refractivity contribution in [2.24, 2.45) is 5.10 Å². The van der Waals surface area contributed by atoms with Crippen LogP contribution in [-0.2, 0) is 4.79 Å². The molecule has 10 heteroatoms. The van der Waals surface area contributed by atoms with E-state index >= 15 is 0 Å². The summed E-state index contributed by atoms with van der Waals surface area (Å²) in [5.41, 5.74) is 1.26. The molecule has 1 amide bonds. The van der Waals surface area contributed by atoms with Crippen LogP contribution in [0, 0.1) is 0 Å². The van der Waals surface area contributed by atoms with Gasteiger partial charge in [0.1, 0.15) is 0 Å². The fourth-order valence-electron chi connectivity index (χ4n) is 1.10. The smallest absolute Gasteiger partial charge is 0.266 e. The van der Waals surface area contributed by atoms with Crippen molar-refractivity contribution in [1.29, 1.82) is 0 Å².